The van der Waals surface area contributed by atoms with Crippen LogP contribution in [0, 0.1) is 0 Å². The molecule has 2 aromatic rings. The number of nitrogens with zero attached hydrogens (tertiary/aromatic N) is 1. The maximum Gasteiger partial charge on any atom is 0.260 e. The molecule has 6 heteroatoms. The van der Waals surface area contributed by atoms with Gasteiger partial charge < -0.3 is 19.7 Å². The summed E-state index contributed by atoms with van der Waals surface area (Å²) < 4.78 is 10.9. The Balaban J connectivity index is 1.47. The van der Waals surface area contributed by atoms with E-state index in [1.165, 1.54) is 0 Å². The van der Waals surface area contributed by atoms with Gasteiger partial charge in [-0.3, -0.25) is 9.59 Å². The quantitative estimate of drug-likeness (QED) is 0.701. The first-order chi connectivity index (χ1) is 15.0. The first kappa shape index (κ1) is 22.7. The van der Waals surface area contributed by atoms with Crippen LogP contribution < -0.4 is 14.8 Å². The van der Waals surface area contributed by atoms with E-state index < -0.39 is 6.10 Å². The summed E-state index contributed by atoms with van der Waals surface area (Å²) in [6.07, 6.45) is 1.67. The molecule has 0 radical (unpaired) electrons. The fourth-order valence-corrected chi connectivity index (χ4v) is 3.93. The van der Waals surface area contributed by atoms with Crippen molar-refractivity contribution in [1.82, 2.24) is 10.2 Å². The minimum absolute atomic E-state index is 0.0512. The Morgan fingerprint density at radius 1 is 1.03 bits per heavy atom. The predicted octanol–water partition coefficient (Wildman–Crippen LogP) is 3.76. The van der Waals surface area contributed by atoms with E-state index in [2.05, 4.69) is 5.32 Å². The summed E-state index contributed by atoms with van der Waals surface area (Å²) in [5.41, 5.74) is 1.06. The Hall–Kier alpha value is -3.02. The molecule has 166 valence electrons. The van der Waals surface area contributed by atoms with Gasteiger partial charge in [0.1, 0.15) is 11.5 Å². The summed E-state index contributed by atoms with van der Waals surface area (Å²) in [5.74, 6) is 1.29. The molecular weight excluding hydrogens is 392 g/mol. The normalized spacial score (nSPS) is 16.3. The Morgan fingerprint density at radius 2 is 1.65 bits per heavy atom. The SMILES string of the molecule is CCC(C(=O)N1CCC(NC(=O)C(C)Oc2ccc(OC)cc2)CC1)c1ccccc1. The number of benzene rings is 2. The molecule has 1 N–H and O–H groups in total. The Kier molecular flexibility index (Phi) is 7.93. The minimum Gasteiger partial charge on any atom is -0.497 e. The lowest BCUT2D eigenvalue weighted by molar-refractivity contribution is -0.134. The van der Waals surface area contributed by atoms with Crippen LogP contribution in [0.3, 0.4) is 0 Å². The van der Waals surface area contributed by atoms with Gasteiger partial charge in [0.15, 0.2) is 6.10 Å². The van der Waals surface area contributed by atoms with Crippen LogP contribution in [0.4, 0.5) is 0 Å². The number of likely N-dealkylation sites (tertiary alicyclic amines) is 1. The lowest BCUT2D eigenvalue weighted by Crippen LogP contribution is -2.50. The highest BCUT2D eigenvalue weighted by molar-refractivity contribution is 5.84. The van der Waals surface area contributed by atoms with E-state index in [1.807, 2.05) is 42.2 Å². The molecule has 0 aromatic heterocycles. The van der Waals surface area contributed by atoms with Gasteiger partial charge in [0.25, 0.3) is 5.91 Å². The van der Waals surface area contributed by atoms with E-state index >= 15 is 0 Å². The van der Waals surface area contributed by atoms with Crippen molar-refractivity contribution in [2.45, 2.75) is 51.2 Å². The third kappa shape index (κ3) is 6.00. The molecule has 0 spiro atoms. The Morgan fingerprint density at radius 3 is 2.23 bits per heavy atom. The fraction of sp³-hybridized carbons (Fsp3) is 0.440. The fourth-order valence-electron chi connectivity index (χ4n) is 3.93. The maximum atomic E-state index is 13.0. The third-order valence-corrected chi connectivity index (χ3v) is 5.80. The first-order valence-electron chi connectivity index (χ1n) is 11.0. The summed E-state index contributed by atoms with van der Waals surface area (Å²) in [6, 6.07) is 17.2. The van der Waals surface area contributed by atoms with Crippen LogP contribution >= 0.6 is 0 Å². The second kappa shape index (κ2) is 10.8. The molecule has 1 aliphatic rings. The molecule has 3 rings (SSSR count). The summed E-state index contributed by atoms with van der Waals surface area (Å²) in [7, 11) is 1.61. The average molecular weight is 425 g/mol. The second-order valence-corrected chi connectivity index (χ2v) is 7.92. The van der Waals surface area contributed by atoms with Crippen molar-refractivity contribution in [1.29, 1.82) is 0 Å². The van der Waals surface area contributed by atoms with E-state index in [4.69, 9.17) is 9.47 Å². The summed E-state index contributed by atoms with van der Waals surface area (Å²) in [5, 5.41) is 3.07. The number of carbonyl (C=O) groups is 2. The lowest BCUT2D eigenvalue weighted by atomic mass is 9.93. The predicted molar refractivity (Wildman–Crippen MR) is 120 cm³/mol. The van der Waals surface area contributed by atoms with Crippen molar-refractivity contribution in [3.63, 3.8) is 0 Å². The molecule has 2 unspecified atom stereocenters. The smallest absolute Gasteiger partial charge is 0.260 e. The molecule has 1 heterocycles. The molecule has 1 saturated heterocycles. The number of carbonyl (C=O) groups excluding carboxylic acids is 2. The topological polar surface area (TPSA) is 67.9 Å². The molecule has 0 bridgehead atoms. The van der Waals surface area contributed by atoms with Gasteiger partial charge in [0, 0.05) is 19.1 Å². The Labute approximate surface area is 184 Å². The monoisotopic (exact) mass is 424 g/mol. The molecule has 0 aliphatic carbocycles. The van der Waals surface area contributed by atoms with E-state index in [0.717, 1.165) is 30.6 Å². The van der Waals surface area contributed by atoms with Gasteiger partial charge in [-0.25, -0.2) is 0 Å². The van der Waals surface area contributed by atoms with Gasteiger partial charge in [0.05, 0.1) is 13.0 Å². The molecule has 2 aromatic carbocycles. The molecular formula is C25H32N2O4. The molecule has 31 heavy (non-hydrogen) atoms. The van der Waals surface area contributed by atoms with Gasteiger partial charge in [-0.1, -0.05) is 37.3 Å². The zero-order chi connectivity index (χ0) is 22.2. The molecule has 1 aliphatic heterocycles. The maximum absolute atomic E-state index is 13.0. The van der Waals surface area contributed by atoms with E-state index in [1.54, 1.807) is 38.3 Å². The van der Waals surface area contributed by atoms with Crippen molar-refractivity contribution >= 4 is 11.8 Å². The number of nitrogens with one attached hydrogen (secondary N) is 1. The number of rotatable bonds is 8. The zero-order valence-electron chi connectivity index (χ0n) is 18.5. The standard InChI is InChI=1S/C25H32N2O4/c1-4-23(19-8-6-5-7-9-19)25(29)27-16-14-20(15-17-27)26-24(28)18(2)31-22-12-10-21(30-3)11-13-22/h5-13,18,20,23H,4,14-17H2,1-3H3,(H,26,28). The van der Waals surface area contributed by atoms with Crippen LogP contribution in [0.2, 0.25) is 0 Å². The van der Waals surface area contributed by atoms with Crippen LogP contribution in [0.1, 0.15) is 44.6 Å². The summed E-state index contributed by atoms with van der Waals surface area (Å²) in [6.45, 7) is 5.10. The van der Waals surface area contributed by atoms with Crippen molar-refractivity contribution in [2.24, 2.45) is 0 Å². The van der Waals surface area contributed by atoms with E-state index in [0.29, 0.717) is 18.8 Å². The minimum atomic E-state index is -0.601. The van der Waals surface area contributed by atoms with Gasteiger partial charge in [-0.2, -0.15) is 0 Å². The molecule has 2 atom stereocenters. The number of amides is 2. The van der Waals surface area contributed by atoms with Crippen LogP contribution in [-0.4, -0.2) is 49.1 Å². The van der Waals surface area contributed by atoms with Gasteiger partial charge in [-0.05, 0) is 56.0 Å². The summed E-state index contributed by atoms with van der Waals surface area (Å²) >= 11 is 0. The Bertz CT molecular complexity index is 846. The molecule has 1 fully saturated rings. The molecule has 2 amide bonds. The lowest BCUT2D eigenvalue weighted by Gasteiger charge is -2.35. The number of piperidine rings is 1. The van der Waals surface area contributed by atoms with Gasteiger partial charge in [0.2, 0.25) is 5.91 Å². The van der Waals surface area contributed by atoms with Crippen molar-refractivity contribution in [3.05, 3.63) is 60.2 Å². The zero-order valence-corrected chi connectivity index (χ0v) is 18.5. The molecule has 0 saturated carbocycles. The van der Waals surface area contributed by atoms with E-state index in [9.17, 15) is 9.59 Å². The highest BCUT2D eigenvalue weighted by atomic mass is 16.5. The third-order valence-electron chi connectivity index (χ3n) is 5.80. The van der Waals surface area contributed by atoms with Crippen molar-refractivity contribution in [3.8, 4) is 11.5 Å². The molecule has 6 nitrogen and oxygen atoms in total. The van der Waals surface area contributed by atoms with Gasteiger partial charge >= 0.3 is 0 Å². The summed E-state index contributed by atoms with van der Waals surface area (Å²) in [4.78, 5) is 27.5. The van der Waals surface area contributed by atoms with Crippen LogP contribution in [-0.2, 0) is 9.59 Å². The van der Waals surface area contributed by atoms with Gasteiger partial charge in [-0.15, -0.1) is 0 Å². The highest BCUT2D eigenvalue weighted by Gasteiger charge is 2.29. The number of hydrogen-bond donors (Lipinski definition) is 1. The second-order valence-electron chi connectivity index (χ2n) is 7.92. The highest BCUT2D eigenvalue weighted by Crippen LogP contribution is 2.24. The van der Waals surface area contributed by atoms with Crippen molar-refractivity contribution in [2.75, 3.05) is 20.2 Å². The van der Waals surface area contributed by atoms with E-state index in [-0.39, 0.29) is 23.8 Å². The van der Waals surface area contributed by atoms with Crippen LogP contribution in [0.5, 0.6) is 11.5 Å². The van der Waals surface area contributed by atoms with Crippen LogP contribution in [0.15, 0.2) is 54.6 Å². The number of methoxy groups -OCH3 is 1. The number of ether oxygens (including phenoxy) is 2. The number of hydrogen-bond acceptors (Lipinski definition) is 4. The van der Waals surface area contributed by atoms with Crippen LogP contribution in [0.25, 0.3) is 0 Å². The first-order valence-corrected chi connectivity index (χ1v) is 11.0. The largest absolute Gasteiger partial charge is 0.497 e. The van der Waals surface area contributed by atoms with Crippen molar-refractivity contribution < 1.29 is 19.1 Å². The average Bonchev–Trinajstić information content (AvgIpc) is 2.81.